The Bertz CT molecular complexity index is 997. The number of carbonyl (C=O) groups excluding carboxylic acids is 3. The maximum absolute atomic E-state index is 13.1. The second kappa shape index (κ2) is 9.86. The van der Waals surface area contributed by atoms with Gasteiger partial charge in [0.1, 0.15) is 17.1 Å². The monoisotopic (exact) mass is 447 g/mol. The number of carbonyl (C=O) groups is 3. The molecule has 1 aliphatic heterocycles. The van der Waals surface area contributed by atoms with Crippen LogP contribution in [0.2, 0.25) is 5.82 Å². The van der Waals surface area contributed by atoms with E-state index in [0.29, 0.717) is 12.5 Å². The van der Waals surface area contributed by atoms with Crippen molar-refractivity contribution < 1.29 is 42.3 Å². The minimum absolute atomic E-state index is 0.0103. The van der Waals surface area contributed by atoms with Crippen LogP contribution in [0.4, 0.5) is 8.78 Å². The van der Waals surface area contributed by atoms with Crippen LogP contribution in [0.25, 0.3) is 0 Å². The molecule has 1 aromatic carbocycles. The van der Waals surface area contributed by atoms with Gasteiger partial charge in [0.15, 0.2) is 0 Å². The summed E-state index contributed by atoms with van der Waals surface area (Å²) in [5, 5.41) is 10.3. The number of aromatic nitrogens is 1. The van der Waals surface area contributed by atoms with Crippen molar-refractivity contribution >= 4 is 24.8 Å². The Kier molecular flexibility index (Phi) is 7.19. The molecule has 0 fully saturated rings. The first-order valence-electron chi connectivity index (χ1n) is 9.74. The molecular formula is C21H20BF2NO7. The molecule has 0 unspecified atom stereocenters. The van der Waals surface area contributed by atoms with Crippen LogP contribution < -0.4 is 4.65 Å². The smallest absolute Gasteiger partial charge is 0.526 e. The molecule has 0 bridgehead atoms. The van der Waals surface area contributed by atoms with Gasteiger partial charge in [-0.1, -0.05) is 12.1 Å². The normalized spacial score (nSPS) is 15.4. The first-order valence-corrected chi connectivity index (χ1v) is 9.74. The van der Waals surface area contributed by atoms with Gasteiger partial charge in [0.05, 0.1) is 12.0 Å². The number of rotatable bonds is 8. The summed E-state index contributed by atoms with van der Waals surface area (Å²) < 4.78 is 41.4. The number of ketones is 1. The SMILES string of the molecule is CC(F)(F)CC(=O)C[C@H]1Cc2cccc(C(=O)OCOC(=O)c3cccnc3)c2OB1O. The van der Waals surface area contributed by atoms with Crippen LogP contribution in [0.15, 0.2) is 42.7 Å². The van der Waals surface area contributed by atoms with Crippen molar-refractivity contribution in [3.63, 3.8) is 0 Å². The van der Waals surface area contributed by atoms with Gasteiger partial charge in [0.2, 0.25) is 6.79 Å². The molecule has 0 spiro atoms. The Hall–Kier alpha value is -3.34. The zero-order valence-electron chi connectivity index (χ0n) is 17.1. The van der Waals surface area contributed by atoms with Crippen molar-refractivity contribution in [2.75, 3.05) is 6.79 Å². The molecule has 0 amide bonds. The van der Waals surface area contributed by atoms with Crippen molar-refractivity contribution in [3.05, 3.63) is 59.4 Å². The molecule has 0 radical (unpaired) electrons. The van der Waals surface area contributed by atoms with Crippen molar-refractivity contribution in [1.29, 1.82) is 0 Å². The van der Waals surface area contributed by atoms with Crippen molar-refractivity contribution in [2.45, 2.75) is 37.9 Å². The minimum atomic E-state index is -3.13. The van der Waals surface area contributed by atoms with Crippen LogP contribution in [0.3, 0.4) is 0 Å². The highest BCUT2D eigenvalue weighted by Crippen LogP contribution is 2.37. The van der Waals surface area contributed by atoms with E-state index in [0.717, 1.165) is 0 Å². The number of halogens is 2. The van der Waals surface area contributed by atoms with Crippen LogP contribution >= 0.6 is 0 Å². The number of hydrogen-bond acceptors (Lipinski definition) is 8. The van der Waals surface area contributed by atoms with Crippen LogP contribution in [-0.2, 0) is 20.7 Å². The molecule has 0 saturated carbocycles. The van der Waals surface area contributed by atoms with Crippen molar-refractivity contribution in [1.82, 2.24) is 4.98 Å². The van der Waals surface area contributed by atoms with Gasteiger partial charge < -0.3 is 19.2 Å². The summed E-state index contributed by atoms with van der Waals surface area (Å²) in [6.45, 7) is 0.00104. The lowest BCUT2D eigenvalue weighted by Gasteiger charge is -2.28. The van der Waals surface area contributed by atoms with E-state index in [4.69, 9.17) is 14.1 Å². The zero-order valence-corrected chi connectivity index (χ0v) is 17.1. The van der Waals surface area contributed by atoms with Crippen LogP contribution in [0.5, 0.6) is 5.75 Å². The average molecular weight is 447 g/mol. The summed E-state index contributed by atoms with van der Waals surface area (Å²) >= 11 is 0. The molecule has 0 saturated heterocycles. The molecule has 1 atom stereocenters. The second-order valence-electron chi connectivity index (χ2n) is 7.48. The highest BCUT2D eigenvalue weighted by atomic mass is 19.3. The molecule has 1 N–H and O–H groups in total. The van der Waals surface area contributed by atoms with Crippen molar-refractivity contribution in [2.24, 2.45) is 0 Å². The first-order chi connectivity index (χ1) is 15.1. The van der Waals surface area contributed by atoms with Crippen LogP contribution in [0.1, 0.15) is 46.0 Å². The fourth-order valence-corrected chi connectivity index (χ4v) is 3.31. The lowest BCUT2D eigenvalue weighted by atomic mass is 9.64. The Balaban J connectivity index is 1.61. The van der Waals surface area contributed by atoms with Gasteiger partial charge in [-0.15, -0.1) is 0 Å². The van der Waals surface area contributed by atoms with Gasteiger partial charge in [0, 0.05) is 24.6 Å². The third-order valence-corrected chi connectivity index (χ3v) is 4.72. The molecule has 1 aliphatic rings. The van der Waals surface area contributed by atoms with Gasteiger partial charge >= 0.3 is 19.1 Å². The summed E-state index contributed by atoms with van der Waals surface area (Å²) in [6.07, 6.45) is 1.73. The van der Waals surface area contributed by atoms with E-state index < -0.39 is 49.8 Å². The lowest BCUT2D eigenvalue weighted by Crippen LogP contribution is -2.36. The maximum Gasteiger partial charge on any atom is 0.526 e. The Labute approximate surface area is 182 Å². The number of ether oxygens (including phenoxy) is 2. The maximum atomic E-state index is 13.1. The average Bonchev–Trinajstić information content (AvgIpc) is 2.73. The molecule has 168 valence electrons. The van der Waals surface area contributed by atoms with E-state index in [1.165, 1.54) is 24.5 Å². The highest BCUT2D eigenvalue weighted by molar-refractivity contribution is 6.47. The molecule has 32 heavy (non-hydrogen) atoms. The minimum Gasteiger partial charge on any atom is -0.535 e. The fourth-order valence-electron chi connectivity index (χ4n) is 3.31. The summed E-state index contributed by atoms with van der Waals surface area (Å²) in [6, 6.07) is 7.63. The predicted octanol–water partition coefficient (Wildman–Crippen LogP) is 2.84. The van der Waals surface area contributed by atoms with E-state index >= 15 is 0 Å². The molecule has 2 heterocycles. The largest absolute Gasteiger partial charge is 0.535 e. The van der Waals surface area contributed by atoms with Crippen LogP contribution in [-0.4, -0.2) is 47.6 Å². The highest BCUT2D eigenvalue weighted by Gasteiger charge is 2.39. The Morgan fingerprint density at radius 1 is 1.22 bits per heavy atom. The van der Waals surface area contributed by atoms with E-state index in [9.17, 15) is 28.2 Å². The number of pyridine rings is 1. The molecule has 3 rings (SSSR count). The lowest BCUT2D eigenvalue weighted by molar-refractivity contribution is -0.125. The number of alkyl halides is 2. The topological polar surface area (TPSA) is 112 Å². The third kappa shape index (κ3) is 6.10. The third-order valence-electron chi connectivity index (χ3n) is 4.72. The quantitative estimate of drug-likeness (QED) is 0.374. The summed E-state index contributed by atoms with van der Waals surface area (Å²) in [5.41, 5.74) is 0.690. The van der Waals surface area contributed by atoms with E-state index in [-0.39, 0.29) is 29.7 Å². The van der Waals surface area contributed by atoms with Gasteiger partial charge in [-0.05, 0) is 37.1 Å². The number of esters is 2. The molecule has 8 nitrogen and oxygen atoms in total. The predicted molar refractivity (Wildman–Crippen MR) is 107 cm³/mol. The van der Waals surface area contributed by atoms with E-state index in [1.54, 1.807) is 18.2 Å². The van der Waals surface area contributed by atoms with Gasteiger partial charge in [-0.25, -0.2) is 18.4 Å². The number of Topliss-reactive ketones (excluding diaryl/α,β-unsaturated/α-hetero) is 1. The second-order valence-corrected chi connectivity index (χ2v) is 7.48. The van der Waals surface area contributed by atoms with Gasteiger partial charge in [-0.3, -0.25) is 9.78 Å². The van der Waals surface area contributed by atoms with E-state index in [1.807, 2.05) is 0 Å². The summed E-state index contributed by atoms with van der Waals surface area (Å²) in [5.74, 6) is -6.07. The first kappa shape index (κ1) is 23.3. The number of benzene rings is 1. The molecule has 2 aromatic rings. The zero-order chi connectivity index (χ0) is 23.3. The Morgan fingerprint density at radius 2 is 1.97 bits per heavy atom. The number of hydrogen-bond donors (Lipinski definition) is 1. The number of nitrogens with zero attached hydrogens (tertiary/aromatic N) is 1. The summed E-state index contributed by atoms with van der Waals surface area (Å²) in [7, 11) is -1.46. The number of para-hydroxylation sites is 1. The standard InChI is InChI=1S/C21H20BF2NO7/c1-21(23,24)10-16(26)9-15-8-13-4-2-6-17(18(13)32-22(15)29)20(28)31-12-30-19(27)14-5-3-7-25-11-14/h2-7,11,15,29H,8-10,12H2,1H3/t15-/m1/s1. The number of fused-ring (bicyclic) bond motifs is 1. The van der Waals surface area contributed by atoms with Crippen molar-refractivity contribution in [3.8, 4) is 5.75 Å². The summed E-state index contributed by atoms with van der Waals surface area (Å²) in [4.78, 5) is 40.0. The fraction of sp³-hybridized carbons (Fsp3) is 0.333. The van der Waals surface area contributed by atoms with Gasteiger partial charge in [-0.2, -0.15) is 0 Å². The molecule has 1 aromatic heterocycles. The molecule has 11 heteroatoms. The van der Waals surface area contributed by atoms with Crippen LogP contribution in [0, 0.1) is 0 Å². The Morgan fingerprint density at radius 3 is 2.66 bits per heavy atom. The molecule has 0 aliphatic carbocycles. The van der Waals surface area contributed by atoms with Gasteiger partial charge in [0.25, 0.3) is 5.92 Å². The van der Waals surface area contributed by atoms with E-state index in [2.05, 4.69) is 4.98 Å². The molecular weight excluding hydrogens is 427 g/mol.